The number of hydrogen-bond acceptors (Lipinski definition) is 3. The third-order valence-electron chi connectivity index (χ3n) is 4.86. The van der Waals surface area contributed by atoms with Crippen LogP contribution in [0.3, 0.4) is 0 Å². The van der Waals surface area contributed by atoms with Crippen LogP contribution in [0.4, 0.5) is 0 Å². The van der Waals surface area contributed by atoms with Gasteiger partial charge < -0.3 is 10.2 Å². The van der Waals surface area contributed by atoms with Gasteiger partial charge in [-0.05, 0) is 42.7 Å². The van der Waals surface area contributed by atoms with Crippen molar-refractivity contribution in [2.24, 2.45) is 0 Å². The number of hydrogen-bond donors (Lipinski definition) is 1. The minimum Gasteiger partial charge on any atom is -0.351 e. The third kappa shape index (κ3) is 5.75. The smallest absolute Gasteiger partial charge is 0.269 e. The van der Waals surface area contributed by atoms with Crippen LogP contribution in [-0.4, -0.2) is 41.3 Å². The molecule has 1 heterocycles. The molecule has 29 heavy (non-hydrogen) atoms. The minimum atomic E-state index is -0.207. The lowest BCUT2D eigenvalue weighted by atomic mass is 10.0. The van der Waals surface area contributed by atoms with Gasteiger partial charge in [-0.2, -0.15) is 0 Å². The summed E-state index contributed by atoms with van der Waals surface area (Å²) in [5, 5.41) is 2.91. The first-order valence-corrected chi connectivity index (χ1v) is 9.70. The third-order valence-corrected chi connectivity index (χ3v) is 4.86. The molecule has 5 nitrogen and oxygen atoms in total. The quantitative estimate of drug-likeness (QED) is 0.643. The highest BCUT2D eigenvalue weighted by molar-refractivity contribution is 5.94. The maximum atomic E-state index is 12.9. The Morgan fingerprint density at radius 1 is 0.931 bits per heavy atom. The van der Waals surface area contributed by atoms with E-state index in [1.165, 1.54) is 0 Å². The lowest BCUT2D eigenvalue weighted by Gasteiger charge is -2.29. The van der Waals surface area contributed by atoms with Gasteiger partial charge in [-0.1, -0.05) is 54.6 Å². The molecule has 0 radical (unpaired) electrons. The topological polar surface area (TPSA) is 62.3 Å². The summed E-state index contributed by atoms with van der Waals surface area (Å²) in [6.07, 6.45) is 2.96. The molecule has 0 unspecified atom stereocenters. The van der Waals surface area contributed by atoms with Crippen LogP contribution in [0, 0.1) is 0 Å². The molecule has 1 aromatic heterocycles. The summed E-state index contributed by atoms with van der Waals surface area (Å²) >= 11 is 0. The van der Waals surface area contributed by atoms with E-state index in [0.29, 0.717) is 24.2 Å². The van der Waals surface area contributed by atoms with Crippen LogP contribution in [0.2, 0.25) is 0 Å². The number of likely N-dealkylation sites (N-methyl/N-ethyl adjacent to an activating group) is 1. The summed E-state index contributed by atoms with van der Waals surface area (Å²) in [5.74, 6) is -0.233. The van der Waals surface area contributed by atoms with Crippen molar-refractivity contribution in [1.82, 2.24) is 15.2 Å². The zero-order chi connectivity index (χ0) is 20.5. The molecule has 0 fully saturated rings. The van der Waals surface area contributed by atoms with E-state index in [4.69, 9.17) is 0 Å². The second-order valence-electron chi connectivity index (χ2n) is 6.89. The molecule has 0 spiro atoms. The number of pyridine rings is 1. The Hall–Kier alpha value is -3.47. The molecule has 5 heteroatoms. The lowest BCUT2D eigenvalue weighted by Crippen LogP contribution is -2.41. The average molecular weight is 387 g/mol. The molecule has 0 bridgehead atoms. The highest BCUT2D eigenvalue weighted by atomic mass is 16.2. The largest absolute Gasteiger partial charge is 0.351 e. The second kappa shape index (κ2) is 10.2. The summed E-state index contributed by atoms with van der Waals surface area (Å²) in [4.78, 5) is 31.0. The fourth-order valence-electron chi connectivity index (χ4n) is 3.21. The van der Waals surface area contributed by atoms with Crippen LogP contribution in [-0.2, 0) is 6.42 Å². The van der Waals surface area contributed by atoms with Gasteiger partial charge >= 0.3 is 0 Å². The summed E-state index contributed by atoms with van der Waals surface area (Å²) in [6.45, 7) is 0.458. The van der Waals surface area contributed by atoms with Gasteiger partial charge in [0.25, 0.3) is 11.8 Å². The molecule has 1 atom stereocenters. The van der Waals surface area contributed by atoms with Crippen LogP contribution in [0.5, 0.6) is 0 Å². The van der Waals surface area contributed by atoms with E-state index in [9.17, 15) is 9.59 Å². The molecule has 1 N–H and O–H groups in total. The van der Waals surface area contributed by atoms with Gasteiger partial charge in [0.2, 0.25) is 0 Å². The van der Waals surface area contributed by atoms with Crippen molar-refractivity contribution in [3.63, 3.8) is 0 Å². The summed E-state index contributed by atoms with van der Waals surface area (Å²) in [7, 11) is 1.82. The SMILES string of the molecule is CN(C(=O)c1ccccc1)[C@@H](CCNC(=O)c1ccccn1)Cc1ccccc1. The molecule has 3 rings (SSSR count). The van der Waals surface area contributed by atoms with Gasteiger partial charge in [0.05, 0.1) is 0 Å². The van der Waals surface area contributed by atoms with Crippen molar-refractivity contribution in [3.05, 3.63) is 102 Å². The molecule has 148 valence electrons. The van der Waals surface area contributed by atoms with E-state index < -0.39 is 0 Å². The normalized spacial score (nSPS) is 11.5. The Morgan fingerprint density at radius 3 is 2.24 bits per heavy atom. The van der Waals surface area contributed by atoms with E-state index in [1.807, 2.05) is 55.6 Å². The number of carbonyl (C=O) groups excluding carboxylic acids is 2. The van der Waals surface area contributed by atoms with E-state index >= 15 is 0 Å². The van der Waals surface area contributed by atoms with Crippen LogP contribution in [0.1, 0.15) is 32.8 Å². The van der Waals surface area contributed by atoms with Crippen LogP contribution >= 0.6 is 0 Å². The summed E-state index contributed by atoms with van der Waals surface area (Å²) < 4.78 is 0. The zero-order valence-electron chi connectivity index (χ0n) is 16.5. The number of amides is 2. The first-order chi connectivity index (χ1) is 14.1. The van der Waals surface area contributed by atoms with Crippen molar-refractivity contribution in [1.29, 1.82) is 0 Å². The lowest BCUT2D eigenvalue weighted by molar-refractivity contribution is 0.0723. The Labute approximate surface area is 171 Å². The maximum Gasteiger partial charge on any atom is 0.269 e. The van der Waals surface area contributed by atoms with E-state index in [-0.39, 0.29) is 17.9 Å². The van der Waals surface area contributed by atoms with Crippen molar-refractivity contribution >= 4 is 11.8 Å². The zero-order valence-corrected chi connectivity index (χ0v) is 16.5. The van der Waals surface area contributed by atoms with Crippen molar-refractivity contribution in [2.75, 3.05) is 13.6 Å². The first kappa shape index (κ1) is 20.3. The fourth-order valence-corrected chi connectivity index (χ4v) is 3.21. The van der Waals surface area contributed by atoms with E-state index in [0.717, 1.165) is 12.0 Å². The fraction of sp³-hybridized carbons (Fsp3) is 0.208. The molecular weight excluding hydrogens is 362 g/mol. The number of carbonyl (C=O) groups is 2. The Bertz CT molecular complexity index is 915. The van der Waals surface area contributed by atoms with Gasteiger partial charge in [0.15, 0.2) is 0 Å². The van der Waals surface area contributed by atoms with Gasteiger partial charge in [0.1, 0.15) is 5.69 Å². The standard InChI is InChI=1S/C24H25N3O2/c1-27(24(29)20-12-6-3-7-13-20)21(18-19-10-4-2-5-11-19)15-17-26-23(28)22-14-8-9-16-25-22/h2-14,16,21H,15,17-18H2,1H3,(H,26,28)/t21-/m0/s1. The predicted molar refractivity (Wildman–Crippen MR) is 114 cm³/mol. The summed E-state index contributed by atoms with van der Waals surface area (Å²) in [6, 6.07) is 24.5. The van der Waals surface area contributed by atoms with Gasteiger partial charge in [-0.3, -0.25) is 14.6 Å². The number of nitrogens with zero attached hydrogens (tertiary/aromatic N) is 2. The first-order valence-electron chi connectivity index (χ1n) is 9.70. The number of nitrogens with one attached hydrogen (secondary N) is 1. The molecule has 0 saturated heterocycles. The van der Waals surface area contributed by atoms with Gasteiger partial charge in [-0.15, -0.1) is 0 Å². The highest BCUT2D eigenvalue weighted by Gasteiger charge is 2.21. The number of aromatic nitrogens is 1. The molecule has 2 aromatic carbocycles. The van der Waals surface area contributed by atoms with Gasteiger partial charge in [0, 0.05) is 31.4 Å². The molecule has 0 saturated carbocycles. The van der Waals surface area contributed by atoms with Crippen LogP contribution < -0.4 is 5.32 Å². The van der Waals surface area contributed by atoms with Gasteiger partial charge in [-0.25, -0.2) is 0 Å². The Balaban J connectivity index is 1.67. The van der Waals surface area contributed by atoms with Crippen molar-refractivity contribution in [3.8, 4) is 0 Å². The molecular formula is C24H25N3O2. The Kier molecular flexibility index (Phi) is 7.11. The number of rotatable bonds is 8. The minimum absolute atomic E-state index is 0.0254. The van der Waals surface area contributed by atoms with Crippen LogP contribution in [0.15, 0.2) is 85.1 Å². The van der Waals surface area contributed by atoms with E-state index in [2.05, 4.69) is 22.4 Å². The highest BCUT2D eigenvalue weighted by Crippen LogP contribution is 2.14. The van der Waals surface area contributed by atoms with Crippen LogP contribution in [0.25, 0.3) is 0 Å². The molecule has 0 aliphatic heterocycles. The van der Waals surface area contributed by atoms with Crippen molar-refractivity contribution < 1.29 is 9.59 Å². The predicted octanol–water partition coefficient (Wildman–Crippen LogP) is 3.59. The average Bonchev–Trinajstić information content (AvgIpc) is 2.79. The second-order valence-corrected chi connectivity index (χ2v) is 6.89. The molecule has 0 aliphatic carbocycles. The molecule has 0 aliphatic rings. The monoisotopic (exact) mass is 387 g/mol. The van der Waals surface area contributed by atoms with Crippen molar-refractivity contribution in [2.45, 2.75) is 18.9 Å². The molecule has 3 aromatic rings. The Morgan fingerprint density at radius 2 is 1.59 bits per heavy atom. The maximum absolute atomic E-state index is 12.9. The molecule has 2 amide bonds. The summed E-state index contributed by atoms with van der Waals surface area (Å²) in [5.41, 5.74) is 2.20. The number of benzene rings is 2. The van der Waals surface area contributed by atoms with E-state index in [1.54, 1.807) is 29.3 Å².